The SMILES string of the molecule is O=C1OS(=O)(=O)c2ccc1cc2. The molecule has 0 saturated carbocycles. The summed E-state index contributed by atoms with van der Waals surface area (Å²) in [5.74, 6) is -0.824. The van der Waals surface area contributed by atoms with Gasteiger partial charge in [-0.3, -0.25) is 0 Å². The summed E-state index contributed by atoms with van der Waals surface area (Å²) in [5, 5.41) is 0. The molecule has 0 amide bonds. The van der Waals surface area contributed by atoms with Gasteiger partial charge in [0.05, 0.1) is 5.56 Å². The summed E-state index contributed by atoms with van der Waals surface area (Å²) in [4.78, 5) is 10.9. The van der Waals surface area contributed by atoms with Crippen LogP contribution in [0.3, 0.4) is 0 Å². The minimum atomic E-state index is -3.84. The third-order valence-corrected chi connectivity index (χ3v) is 2.78. The molecule has 12 heavy (non-hydrogen) atoms. The lowest BCUT2D eigenvalue weighted by Gasteiger charge is -1.97. The molecular weight excluding hydrogens is 180 g/mol. The van der Waals surface area contributed by atoms with E-state index in [0.29, 0.717) is 0 Å². The topological polar surface area (TPSA) is 60.4 Å². The molecule has 0 N–H and O–H groups in total. The summed E-state index contributed by atoms with van der Waals surface area (Å²) in [6.07, 6.45) is 0. The number of rotatable bonds is 0. The Hall–Kier alpha value is -1.36. The van der Waals surface area contributed by atoms with Crippen LogP contribution in [-0.2, 0) is 14.3 Å². The van der Waals surface area contributed by atoms with E-state index < -0.39 is 16.1 Å². The van der Waals surface area contributed by atoms with Gasteiger partial charge < -0.3 is 4.18 Å². The second kappa shape index (κ2) is 2.07. The van der Waals surface area contributed by atoms with Gasteiger partial charge >= 0.3 is 16.1 Å². The lowest BCUT2D eigenvalue weighted by molar-refractivity contribution is 0.0749. The zero-order valence-electron chi connectivity index (χ0n) is 5.85. The molecule has 2 heterocycles. The third-order valence-electron chi connectivity index (χ3n) is 1.56. The number of hydrogen-bond acceptors (Lipinski definition) is 4. The largest absolute Gasteiger partial charge is 0.354 e. The molecule has 0 atom stereocenters. The minimum Gasteiger partial charge on any atom is -0.338 e. The van der Waals surface area contributed by atoms with Crippen LogP contribution in [-0.4, -0.2) is 14.4 Å². The van der Waals surface area contributed by atoms with E-state index >= 15 is 0 Å². The monoisotopic (exact) mass is 184 g/mol. The Balaban J connectivity index is 2.78. The van der Waals surface area contributed by atoms with Crippen molar-refractivity contribution < 1.29 is 17.4 Å². The molecule has 2 aliphatic rings. The zero-order chi connectivity index (χ0) is 8.77. The summed E-state index contributed by atoms with van der Waals surface area (Å²) in [7, 11) is -3.84. The standard InChI is InChI=1S/C7H4O4S/c8-7-5-1-3-6(4-2-5)12(9,10)11-7/h1-4H. The van der Waals surface area contributed by atoms with Gasteiger partial charge in [-0.25, -0.2) is 4.79 Å². The fourth-order valence-electron chi connectivity index (χ4n) is 0.954. The molecule has 62 valence electrons. The highest BCUT2D eigenvalue weighted by atomic mass is 32.2. The Morgan fingerprint density at radius 2 is 1.67 bits per heavy atom. The number of fused-ring (bicyclic) bond motifs is 4. The third kappa shape index (κ3) is 0.902. The first-order chi connectivity index (χ1) is 5.59. The maximum atomic E-state index is 11.1. The normalized spacial score (nSPS) is 18.5. The number of carbonyl (C=O) groups excluding carboxylic acids is 1. The molecule has 2 bridgehead atoms. The molecule has 1 aromatic rings. The molecule has 4 nitrogen and oxygen atoms in total. The van der Waals surface area contributed by atoms with E-state index in [9.17, 15) is 13.2 Å². The summed E-state index contributed by atoms with van der Waals surface area (Å²) in [5.41, 5.74) is 0.250. The first kappa shape index (κ1) is 7.30. The fraction of sp³-hybridized carbons (Fsp3) is 0. The van der Waals surface area contributed by atoms with E-state index in [-0.39, 0.29) is 10.5 Å². The second-order valence-electron chi connectivity index (χ2n) is 2.35. The molecular formula is C7H4O4S. The molecule has 1 aromatic carbocycles. The highest BCUT2D eigenvalue weighted by molar-refractivity contribution is 7.87. The lowest BCUT2D eigenvalue weighted by atomic mass is 10.2. The van der Waals surface area contributed by atoms with E-state index in [4.69, 9.17) is 0 Å². The van der Waals surface area contributed by atoms with Crippen molar-refractivity contribution in [2.24, 2.45) is 0 Å². The lowest BCUT2D eigenvalue weighted by Crippen LogP contribution is -2.08. The van der Waals surface area contributed by atoms with Gasteiger partial charge in [-0.15, -0.1) is 0 Å². The molecule has 0 saturated heterocycles. The maximum Gasteiger partial charge on any atom is 0.354 e. The van der Waals surface area contributed by atoms with Gasteiger partial charge in [-0.1, -0.05) is 0 Å². The second-order valence-corrected chi connectivity index (χ2v) is 3.90. The van der Waals surface area contributed by atoms with E-state index in [1.165, 1.54) is 24.3 Å². The van der Waals surface area contributed by atoms with Gasteiger partial charge in [-0.05, 0) is 24.3 Å². The van der Waals surface area contributed by atoms with E-state index in [2.05, 4.69) is 4.18 Å². The first-order valence-electron chi connectivity index (χ1n) is 3.18. The van der Waals surface area contributed by atoms with Crippen molar-refractivity contribution in [3.63, 3.8) is 0 Å². The van der Waals surface area contributed by atoms with Crippen molar-refractivity contribution in [2.45, 2.75) is 4.90 Å². The Morgan fingerprint density at radius 3 is 2.25 bits per heavy atom. The Morgan fingerprint density at radius 1 is 1.08 bits per heavy atom. The van der Waals surface area contributed by atoms with Crippen LogP contribution in [0, 0.1) is 0 Å². The van der Waals surface area contributed by atoms with Crippen LogP contribution in [0.25, 0.3) is 0 Å². The van der Waals surface area contributed by atoms with Crippen molar-refractivity contribution >= 4 is 16.1 Å². The number of hydrogen-bond donors (Lipinski definition) is 0. The summed E-state index contributed by atoms with van der Waals surface area (Å²) >= 11 is 0. The summed E-state index contributed by atoms with van der Waals surface area (Å²) in [6.45, 7) is 0. The Labute approximate surface area is 68.9 Å². The van der Waals surface area contributed by atoms with E-state index in [1.807, 2.05) is 0 Å². The highest BCUT2D eigenvalue weighted by Gasteiger charge is 2.25. The molecule has 0 aromatic heterocycles. The molecule has 0 radical (unpaired) electrons. The van der Waals surface area contributed by atoms with Crippen LogP contribution in [0.2, 0.25) is 0 Å². The van der Waals surface area contributed by atoms with Crippen LogP contribution < -0.4 is 0 Å². The average molecular weight is 184 g/mol. The predicted octanol–water partition coefficient (Wildman–Crippen LogP) is 0.546. The number of carbonyl (C=O) groups is 1. The Kier molecular flexibility index (Phi) is 1.26. The van der Waals surface area contributed by atoms with Crippen LogP contribution in [0.5, 0.6) is 0 Å². The van der Waals surface area contributed by atoms with Crippen molar-refractivity contribution in [1.29, 1.82) is 0 Å². The van der Waals surface area contributed by atoms with Crippen LogP contribution >= 0.6 is 0 Å². The first-order valence-corrected chi connectivity index (χ1v) is 4.59. The van der Waals surface area contributed by atoms with Gasteiger partial charge in [0.2, 0.25) is 0 Å². The van der Waals surface area contributed by atoms with Gasteiger partial charge in [0.15, 0.2) is 0 Å². The van der Waals surface area contributed by atoms with Crippen LogP contribution in [0.1, 0.15) is 10.4 Å². The van der Waals surface area contributed by atoms with Crippen molar-refractivity contribution in [2.75, 3.05) is 0 Å². The molecule has 0 spiro atoms. The summed E-state index contributed by atoms with van der Waals surface area (Å²) < 4.78 is 26.4. The van der Waals surface area contributed by atoms with Crippen LogP contribution in [0.15, 0.2) is 29.2 Å². The van der Waals surface area contributed by atoms with Gasteiger partial charge in [0.1, 0.15) is 4.90 Å². The molecule has 0 fully saturated rings. The number of benzene rings is 1. The van der Waals surface area contributed by atoms with Crippen LogP contribution in [0.4, 0.5) is 0 Å². The minimum absolute atomic E-state index is 0.0112. The smallest absolute Gasteiger partial charge is 0.338 e. The quantitative estimate of drug-likeness (QED) is 0.552. The van der Waals surface area contributed by atoms with Crippen molar-refractivity contribution in [3.05, 3.63) is 29.8 Å². The van der Waals surface area contributed by atoms with Gasteiger partial charge in [-0.2, -0.15) is 8.42 Å². The molecule has 5 heteroatoms. The van der Waals surface area contributed by atoms with Gasteiger partial charge in [0.25, 0.3) is 0 Å². The highest BCUT2D eigenvalue weighted by Crippen LogP contribution is 2.19. The molecule has 2 aliphatic heterocycles. The summed E-state index contributed by atoms with van der Waals surface area (Å²) in [6, 6.07) is 5.52. The fourth-order valence-corrected chi connectivity index (χ4v) is 1.81. The predicted molar refractivity (Wildman–Crippen MR) is 39.0 cm³/mol. The molecule has 0 unspecified atom stereocenters. The van der Waals surface area contributed by atoms with E-state index in [0.717, 1.165) is 0 Å². The average Bonchev–Trinajstić information content (AvgIpc) is 2.18. The van der Waals surface area contributed by atoms with Crippen molar-refractivity contribution in [1.82, 2.24) is 0 Å². The Bertz CT molecular complexity index is 429. The van der Waals surface area contributed by atoms with Crippen molar-refractivity contribution in [3.8, 4) is 0 Å². The van der Waals surface area contributed by atoms with E-state index in [1.54, 1.807) is 0 Å². The van der Waals surface area contributed by atoms with Gasteiger partial charge in [0, 0.05) is 0 Å². The zero-order valence-corrected chi connectivity index (χ0v) is 6.67. The maximum absolute atomic E-state index is 11.1. The molecule has 0 aliphatic carbocycles. The molecule has 3 rings (SSSR count).